The van der Waals surface area contributed by atoms with E-state index in [1.165, 1.54) is 11.0 Å². The lowest BCUT2D eigenvalue weighted by Gasteiger charge is -2.50. The number of anilines is 1. The van der Waals surface area contributed by atoms with E-state index in [0.717, 1.165) is 16.1 Å². The van der Waals surface area contributed by atoms with Gasteiger partial charge in [-0.2, -0.15) is 5.01 Å². The number of hydrogen-bond donors (Lipinski definition) is 2. The summed E-state index contributed by atoms with van der Waals surface area (Å²) in [7, 11) is 1.56. The predicted molar refractivity (Wildman–Crippen MR) is 185 cm³/mol. The predicted octanol–water partition coefficient (Wildman–Crippen LogP) is 6.72. The maximum Gasteiger partial charge on any atom is 0.260 e. The molecule has 6 atom stereocenters. The summed E-state index contributed by atoms with van der Waals surface area (Å²) >= 11 is 12.7. The highest BCUT2D eigenvalue weighted by molar-refractivity contribution is 6.36. The van der Waals surface area contributed by atoms with E-state index in [4.69, 9.17) is 27.9 Å². The van der Waals surface area contributed by atoms with Crippen LogP contribution in [0.25, 0.3) is 0 Å². The van der Waals surface area contributed by atoms with Crippen LogP contribution in [0.3, 0.4) is 0 Å². The van der Waals surface area contributed by atoms with Crippen LogP contribution in [-0.2, 0) is 24.6 Å². The fraction of sp³-hybridized carbons (Fsp3) is 0.368. The number of methoxy groups -OCH3 is 1. The normalized spacial score (nSPS) is 27.6. The summed E-state index contributed by atoms with van der Waals surface area (Å²) in [4.78, 5) is 59.1. The van der Waals surface area contributed by atoms with Crippen molar-refractivity contribution in [2.75, 3.05) is 19.1 Å². The van der Waals surface area contributed by atoms with Crippen LogP contribution in [0.15, 0.2) is 66.2 Å². The quantitative estimate of drug-likeness (QED) is 0.208. The maximum atomic E-state index is 15.3. The molecule has 7 rings (SSSR count). The molecular formula is C38H37Cl2N3O6. The van der Waals surface area contributed by atoms with E-state index in [-0.39, 0.29) is 29.0 Å². The number of hydrogen-bond acceptors (Lipinski definition) is 7. The maximum absolute atomic E-state index is 15.3. The third-order valence-corrected chi connectivity index (χ3v) is 11.5. The van der Waals surface area contributed by atoms with Crippen molar-refractivity contribution in [1.82, 2.24) is 9.91 Å². The second-order valence-electron chi connectivity index (χ2n) is 13.5. The molecule has 0 spiro atoms. The number of likely N-dealkylation sites (tertiary alicyclic amines) is 1. The minimum Gasteiger partial charge on any atom is -0.507 e. The van der Waals surface area contributed by atoms with Gasteiger partial charge in [0.25, 0.3) is 11.8 Å². The highest BCUT2D eigenvalue weighted by atomic mass is 35.5. The number of carbonyl (C=O) groups is 4. The van der Waals surface area contributed by atoms with Gasteiger partial charge >= 0.3 is 0 Å². The number of ether oxygens (including phenoxy) is 1. The molecule has 1 saturated carbocycles. The molecule has 0 aromatic heterocycles. The van der Waals surface area contributed by atoms with Crippen LogP contribution < -0.4 is 10.2 Å². The van der Waals surface area contributed by atoms with E-state index in [9.17, 15) is 19.5 Å². The molecule has 9 nitrogen and oxygen atoms in total. The van der Waals surface area contributed by atoms with Gasteiger partial charge in [-0.1, -0.05) is 66.0 Å². The van der Waals surface area contributed by atoms with Crippen LogP contribution in [-0.4, -0.2) is 52.3 Å². The smallest absolute Gasteiger partial charge is 0.260 e. The number of rotatable bonds is 7. The molecule has 4 amide bonds. The molecule has 3 aromatic carbocycles. The van der Waals surface area contributed by atoms with Gasteiger partial charge in [-0.05, 0) is 91.6 Å². The number of fused-ring (bicyclic) bond motifs is 4. The number of nitrogens with one attached hydrogen (secondary N) is 1. The lowest BCUT2D eigenvalue weighted by atomic mass is 9.49. The average Bonchev–Trinajstić information content (AvgIpc) is 3.45. The zero-order valence-corrected chi connectivity index (χ0v) is 29.1. The first kappa shape index (κ1) is 33.2. The van der Waals surface area contributed by atoms with Gasteiger partial charge in [-0.3, -0.25) is 29.5 Å². The first-order chi connectivity index (χ1) is 23.4. The van der Waals surface area contributed by atoms with E-state index in [2.05, 4.69) is 5.43 Å². The molecule has 4 aliphatic rings. The lowest BCUT2D eigenvalue weighted by Crippen LogP contribution is -2.53. The van der Waals surface area contributed by atoms with Crippen molar-refractivity contribution in [1.29, 1.82) is 0 Å². The molecule has 49 heavy (non-hydrogen) atoms. The van der Waals surface area contributed by atoms with Crippen LogP contribution in [0.1, 0.15) is 54.4 Å². The number of halogens is 2. The minimum atomic E-state index is -1.46. The van der Waals surface area contributed by atoms with E-state index in [1.807, 2.05) is 37.3 Å². The Kier molecular flexibility index (Phi) is 8.27. The van der Waals surface area contributed by atoms with Gasteiger partial charge in [0.2, 0.25) is 11.8 Å². The second kappa shape index (κ2) is 12.2. The van der Waals surface area contributed by atoms with Crippen molar-refractivity contribution in [3.63, 3.8) is 0 Å². The fourth-order valence-electron chi connectivity index (χ4n) is 8.88. The van der Waals surface area contributed by atoms with Gasteiger partial charge in [0, 0.05) is 17.5 Å². The summed E-state index contributed by atoms with van der Waals surface area (Å²) < 4.78 is 5.46. The van der Waals surface area contributed by atoms with Crippen molar-refractivity contribution in [2.24, 2.45) is 23.7 Å². The van der Waals surface area contributed by atoms with Crippen molar-refractivity contribution in [2.45, 2.75) is 51.4 Å². The van der Waals surface area contributed by atoms with E-state index >= 15 is 4.79 Å². The van der Waals surface area contributed by atoms with Crippen molar-refractivity contribution in [3.05, 3.63) is 98.5 Å². The number of aromatic hydroxyl groups is 1. The average molecular weight is 703 g/mol. The SMILES string of the molecule is CCCN1C(=O)C2CC=C3C(CC4C(=O)N(Nc5ccc(Cl)cc5Cl)C(=O)C4(c4ccc(OC)cc4)C3c3cc(C)c(O)c(C)c3)C2C1=O. The summed E-state index contributed by atoms with van der Waals surface area (Å²) in [5.74, 6) is -3.89. The Morgan fingerprint density at radius 3 is 2.27 bits per heavy atom. The number of imide groups is 2. The second-order valence-corrected chi connectivity index (χ2v) is 14.4. The van der Waals surface area contributed by atoms with E-state index in [0.29, 0.717) is 52.5 Å². The van der Waals surface area contributed by atoms with Gasteiger partial charge in [0.15, 0.2) is 0 Å². The van der Waals surface area contributed by atoms with E-state index in [1.54, 1.807) is 45.2 Å². The van der Waals surface area contributed by atoms with Gasteiger partial charge in [0.1, 0.15) is 11.5 Å². The van der Waals surface area contributed by atoms with Gasteiger partial charge in [0.05, 0.1) is 41.0 Å². The Morgan fingerprint density at radius 2 is 1.63 bits per heavy atom. The molecule has 0 bridgehead atoms. The number of phenolic OH excluding ortho intramolecular Hbond substituents is 1. The molecular weight excluding hydrogens is 665 g/mol. The summed E-state index contributed by atoms with van der Waals surface area (Å²) in [6, 6.07) is 15.7. The molecule has 2 N–H and O–H groups in total. The molecule has 254 valence electrons. The Balaban J connectivity index is 1.48. The number of benzene rings is 3. The molecule has 0 radical (unpaired) electrons. The fourth-order valence-corrected chi connectivity index (χ4v) is 9.33. The highest BCUT2D eigenvalue weighted by Crippen LogP contribution is 2.64. The number of amides is 4. The summed E-state index contributed by atoms with van der Waals surface area (Å²) in [6.45, 7) is 5.87. The first-order valence-electron chi connectivity index (χ1n) is 16.5. The van der Waals surface area contributed by atoms with Crippen molar-refractivity contribution >= 4 is 52.5 Å². The third-order valence-electron chi connectivity index (χ3n) is 11.0. The number of allylic oxidation sites excluding steroid dienone is 2. The highest BCUT2D eigenvalue weighted by Gasteiger charge is 2.70. The van der Waals surface area contributed by atoms with Gasteiger partial charge in [-0.25, -0.2) is 0 Å². The largest absolute Gasteiger partial charge is 0.507 e. The topological polar surface area (TPSA) is 116 Å². The Bertz CT molecular complexity index is 1920. The van der Waals surface area contributed by atoms with Crippen molar-refractivity contribution in [3.8, 4) is 11.5 Å². The summed E-state index contributed by atoms with van der Waals surface area (Å²) in [5.41, 5.74) is 5.31. The standard InChI is InChI=1S/C38H37Cl2N3O6/c1-5-14-42-34(45)26-12-11-25-27(31(26)36(42)47)18-28-35(46)43(41-30-13-8-23(39)17-29(30)40)37(48)38(28,22-6-9-24(49-4)10-7-22)32(25)21-15-19(2)33(44)20(3)16-21/h6-11,13,15-17,26-28,31-32,41,44H,5,12,14,18H2,1-4H3. The van der Waals surface area contributed by atoms with Gasteiger partial charge in [-0.15, -0.1) is 0 Å². The zero-order chi connectivity index (χ0) is 34.9. The summed E-state index contributed by atoms with van der Waals surface area (Å²) in [6.07, 6.45) is 3.20. The molecule has 3 fully saturated rings. The van der Waals surface area contributed by atoms with Crippen LogP contribution in [0, 0.1) is 37.5 Å². The minimum absolute atomic E-state index is 0.144. The third kappa shape index (κ3) is 4.88. The first-order valence-corrected chi connectivity index (χ1v) is 17.3. The molecule has 3 aromatic rings. The number of phenols is 1. The number of aryl methyl sites for hydroxylation is 2. The molecule has 2 saturated heterocycles. The van der Waals surface area contributed by atoms with Crippen LogP contribution in [0.5, 0.6) is 11.5 Å². The van der Waals surface area contributed by atoms with Crippen LogP contribution in [0.4, 0.5) is 5.69 Å². The Labute approximate surface area is 294 Å². The summed E-state index contributed by atoms with van der Waals surface area (Å²) in [5, 5.41) is 12.5. The Morgan fingerprint density at radius 1 is 0.939 bits per heavy atom. The molecule has 2 heterocycles. The van der Waals surface area contributed by atoms with Crippen LogP contribution >= 0.6 is 23.2 Å². The molecule has 11 heteroatoms. The van der Waals surface area contributed by atoms with Gasteiger partial charge < -0.3 is 9.84 Å². The number of nitrogens with zero attached hydrogens (tertiary/aromatic N) is 2. The van der Waals surface area contributed by atoms with Crippen LogP contribution in [0.2, 0.25) is 10.0 Å². The van der Waals surface area contributed by atoms with E-state index < -0.39 is 46.8 Å². The molecule has 2 aliphatic heterocycles. The monoisotopic (exact) mass is 701 g/mol. The zero-order valence-electron chi connectivity index (χ0n) is 27.6. The Hall–Kier alpha value is -4.34. The van der Waals surface area contributed by atoms with Crippen molar-refractivity contribution < 1.29 is 29.0 Å². The molecule has 6 unspecified atom stereocenters. The lowest BCUT2D eigenvalue weighted by molar-refractivity contribution is -0.141. The molecule has 2 aliphatic carbocycles. The number of hydrazine groups is 1. The number of carbonyl (C=O) groups excluding carboxylic acids is 4.